The number of hydrogen-bond acceptors (Lipinski definition) is 4. The summed E-state index contributed by atoms with van der Waals surface area (Å²) in [7, 11) is 0. The van der Waals surface area contributed by atoms with Gasteiger partial charge in [0.2, 0.25) is 0 Å². The van der Waals surface area contributed by atoms with E-state index < -0.39 is 0 Å². The van der Waals surface area contributed by atoms with Crippen molar-refractivity contribution in [3.8, 4) is 0 Å². The maximum absolute atomic E-state index is 11.3. The van der Waals surface area contributed by atoms with Gasteiger partial charge in [0.1, 0.15) is 13.2 Å². The number of carbonyl (C=O) groups excluding carboxylic acids is 2. The summed E-state index contributed by atoms with van der Waals surface area (Å²) in [6.45, 7) is 0.328. The zero-order valence-electron chi connectivity index (χ0n) is 11.6. The highest BCUT2D eigenvalue weighted by molar-refractivity contribution is 5.70. The molecule has 0 radical (unpaired) electrons. The fourth-order valence-corrected chi connectivity index (χ4v) is 1.95. The SMILES string of the molecule is O=C1CC/C=C/CCCCCCCC(=O)OCCO1. The highest BCUT2D eigenvalue weighted by Crippen LogP contribution is 2.09. The average Bonchev–Trinajstić information content (AvgIpc) is 2.40. The highest BCUT2D eigenvalue weighted by atomic mass is 16.6. The van der Waals surface area contributed by atoms with Gasteiger partial charge < -0.3 is 9.47 Å². The van der Waals surface area contributed by atoms with Crippen LogP contribution < -0.4 is 0 Å². The molecule has 0 saturated heterocycles. The monoisotopic (exact) mass is 268 g/mol. The van der Waals surface area contributed by atoms with Gasteiger partial charge in [0, 0.05) is 12.8 Å². The smallest absolute Gasteiger partial charge is 0.306 e. The van der Waals surface area contributed by atoms with Gasteiger partial charge >= 0.3 is 11.9 Å². The minimum atomic E-state index is -0.231. The molecule has 0 saturated carbocycles. The molecule has 1 rings (SSSR count). The lowest BCUT2D eigenvalue weighted by Gasteiger charge is -2.06. The van der Waals surface area contributed by atoms with Crippen molar-refractivity contribution >= 4 is 11.9 Å². The van der Waals surface area contributed by atoms with Crippen LogP contribution in [0.3, 0.4) is 0 Å². The number of allylic oxidation sites excluding steroid dienone is 2. The molecule has 1 aliphatic heterocycles. The van der Waals surface area contributed by atoms with Gasteiger partial charge in [-0.1, -0.05) is 31.4 Å². The van der Waals surface area contributed by atoms with Crippen LogP contribution in [0.5, 0.6) is 0 Å². The van der Waals surface area contributed by atoms with Crippen molar-refractivity contribution < 1.29 is 19.1 Å². The third-order valence-corrected chi connectivity index (χ3v) is 3.04. The van der Waals surface area contributed by atoms with Gasteiger partial charge in [-0.3, -0.25) is 9.59 Å². The maximum atomic E-state index is 11.3. The molecule has 0 fully saturated rings. The molecule has 0 amide bonds. The number of esters is 2. The molecule has 108 valence electrons. The summed E-state index contributed by atoms with van der Waals surface area (Å²) in [6, 6.07) is 0. The van der Waals surface area contributed by atoms with Crippen molar-refractivity contribution in [2.75, 3.05) is 13.2 Å². The first-order valence-corrected chi connectivity index (χ1v) is 7.25. The fraction of sp³-hybridized carbons (Fsp3) is 0.733. The third-order valence-electron chi connectivity index (χ3n) is 3.04. The minimum Gasteiger partial charge on any atom is -0.462 e. The summed E-state index contributed by atoms with van der Waals surface area (Å²) in [4.78, 5) is 22.7. The lowest BCUT2D eigenvalue weighted by Crippen LogP contribution is -2.13. The van der Waals surface area contributed by atoms with E-state index in [2.05, 4.69) is 6.08 Å². The summed E-state index contributed by atoms with van der Waals surface area (Å²) in [5.41, 5.74) is 0. The number of ether oxygens (including phenoxy) is 2. The van der Waals surface area contributed by atoms with Crippen LogP contribution in [0, 0.1) is 0 Å². The molecule has 0 spiro atoms. The number of carbonyl (C=O) groups is 2. The van der Waals surface area contributed by atoms with Crippen molar-refractivity contribution in [2.45, 2.75) is 57.8 Å². The van der Waals surface area contributed by atoms with Gasteiger partial charge in [-0.2, -0.15) is 0 Å². The Morgan fingerprint density at radius 1 is 0.684 bits per heavy atom. The quantitative estimate of drug-likeness (QED) is 0.500. The van der Waals surface area contributed by atoms with Crippen LogP contribution in [0.2, 0.25) is 0 Å². The predicted molar refractivity (Wildman–Crippen MR) is 72.6 cm³/mol. The Morgan fingerprint density at radius 2 is 1.26 bits per heavy atom. The molecule has 0 aliphatic carbocycles. The molecule has 0 aromatic rings. The topological polar surface area (TPSA) is 52.6 Å². The molecule has 0 unspecified atom stereocenters. The Balaban J connectivity index is 2.28. The lowest BCUT2D eigenvalue weighted by molar-refractivity contribution is -0.152. The van der Waals surface area contributed by atoms with Gasteiger partial charge in [0.25, 0.3) is 0 Å². The van der Waals surface area contributed by atoms with Crippen molar-refractivity contribution in [3.63, 3.8) is 0 Å². The fourth-order valence-electron chi connectivity index (χ4n) is 1.95. The van der Waals surface area contributed by atoms with E-state index in [1.54, 1.807) is 0 Å². The van der Waals surface area contributed by atoms with Crippen molar-refractivity contribution in [3.05, 3.63) is 12.2 Å². The van der Waals surface area contributed by atoms with Crippen LogP contribution in [0.1, 0.15) is 57.8 Å². The van der Waals surface area contributed by atoms with E-state index >= 15 is 0 Å². The Hall–Kier alpha value is -1.32. The van der Waals surface area contributed by atoms with E-state index in [4.69, 9.17) is 9.47 Å². The molecule has 4 heteroatoms. The van der Waals surface area contributed by atoms with E-state index in [-0.39, 0.29) is 25.2 Å². The molecule has 0 aromatic heterocycles. The molecule has 0 bridgehead atoms. The van der Waals surface area contributed by atoms with Gasteiger partial charge in [-0.25, -0.2) is 0 Å². The number of rotatable bonds is 0. The van der Waals surface area contributed by atoms with E-state index in [1.807, 2.05) is 6.08 Å². The summed E-state index contributed by atoms with van der Waals surface area (Å²) in [5.74, 6) is -0.424. The first kappa shape index (κ1) is 15.7. The first-order chi connectivity index (χ1) is 9.29. The summed E-state index contributed by atoms with van der Waals surface area (Å²) >= 11 is 0. The summed E-state index contributed by atoms with van der Waals surface area (Å²) in [5, 5.41) is 0. The number of hydrogen-bond donors (Lipinski definition) is 0. The van der Waals surface area contributed by atoms with Crippen LogP contribution in [-0.4, -0.2) is 25.2 Å². The second kappa shape index (κ2) is 10.6. The van der Waals surface area contributed by atoms with Gasteiger partial charge in [-0.05, 0) is 25.7 Å². The zero-order valence-corrected chi connectivity index (χ0v) is 11.6. The van der Waals surface area contributed by atoms with E-state index in [9.17, 15) is 9.59 Å². The molecule has 19 heavy (non-hydrogen) atoms. The zero-order chi connectivity index (χ0) is 13.8. The Bertz CT molecular complexity index is 297. The largest absolute Gasteiger partial charge is 0.462 e. The van der Waals surface area contributed by atoms with Gasteiger partial charge in [-0.15, -0.1) is 0 Å². The lowest BCUT2D eigenvalue weighted by atomic mass is 10.1. The maximum Gasteiger partial charge on any atom is 0.306 e. The molecular formula is C15H24O4. The first-order valence-electron chi connectivity index (χ1n) is 7.25. The van der Waals surface area contributed by atoms with Crippen LogP contribution in [-0.2, 0) is 19.1 Å². The molecule has 0 N–H and O–H groups in total. The van der Waals surface area contributed by atoms with Crippen molar-refractivity contribution in [2.24, 2.45) is 0 Å². The van der Waals surface area contributed by atoms with Gasteiger partial charge in [0.05, 0.1) is 0 Å². The van der Waals surface area contributed by atoms with E-state index in [1.165, 1.54) is 19.3 Å². The number of cyclic esters (lactones) is 2. The van der Waals surface area contributed by atoms with Crippen molar-refractivity contribution in [1.82, 2.24) is 0 Å². The molecular weight excluding hydrogens is 244 g/mol. The van der Waals surface area contributed by atoms with E-state index in [0.29, 0.717) is 12.8 Å². The predicted octanol–water partition coefficient (Wildman–Crippen LogP) is 3.15. The third kappa shape index (κ3) is 9.28. The molecule has 4 nitrogen and oxygen atoms in total. The average molecular weight is 268 g/mol. The van der Waals surface area contributed by atoms with Crippen LogP contribution in [0.4, 0.5) is 0 Å². The van der Waals surface area contributed by atoms with Crippen LogP contribution >= 0.6 is 0 Å². The second-order valence-corrected chi connectivity index (χ2v) is 4.76. The normalized spacial score (nSPS) is 22.9. The Kier molecular flexibility index (Phi) is 8.77. The molecule has 1 heterocycles. The van der Waals surface area contributed by atoms with Gasteiger partial charge in [0.15, 0.2) is 0 Å². The second-order valence-electron chi connectivity index (χ2n) is 4.76. The molecule has 0 aromatic carbocycles. The summed E-state index contributed by atoms with van der Waals surface area (Å²) in [6.07, 6.45) is 12.3. The molecule has 0 atom stereocenters. The Morgan fingerprint density at radius 3 is 2.05 bits per heavy atom. The minimum absolute atomic E-state index is 0.161. The standard InChI is InChI=1S/C15H24O4/c16-14-10-8-6-4-2-1-3-5-7-9-11-15(17)19-13-12-18-14/h4,6H,1-3,5,7-13H2/b6-4+. The Labute approximate surface area is 115 Å². The summed E-state index contributed by atoms with van der Waals surface area (Å²) < 4.78 is 9.95. The van der Waals surface area contributed by atoms with Crippen LogP contribution in [0.15, 0.2) is 12.2 Å². The van der Waals surface area contributed by atoms with Crippen LogP contribution in [0.25, 0.3) is 0 Å². The van der Waals surface area contributed by atoms with E-state index in [0.717, 1.165) is 25.7 Å². The molecule has 1 aliphatic rings. The van der Waals surface area contributed by atoms with Crippen molar-refractivity contribution in [1.29, 1.82) is 0 Å². The highest BCUT2D eigenvalue weighted by Gasteiger charge is 2.05.